The number of esters is 3. The highest BCUT2D eigenvalue weighted by atomic mass is 16.6. The first-order chi connectivity index (χ1) is 33.0. The van der Waals surface area contributed by atoms with E-state index in [1.54, 1.807) is 0 Å². The highest BCUT2D eigenvalue weighted by Gasteiger charge is 2.19. The predicted octanol–water partition coefficient (Wildman–Crippen LogP) is 18.8. The molecule has 0 bridgehead atoms. The number of carbonyl (C=O) groups is 3. The van der Waals surface area contributed by atoms with Gasteiger partial charge in [0.2, 0.25) is 0 Å². The molecule has 0 aliphatic heterocycles. The molecule has 67 heavy (non-hydrogen) atoms. The highest BCUT2D eigenvalue weighted by molar-refractivity contribution is 5.71. The Morgan fingerprint density at radius 3 is 1.07 bits per heavy atom. The monoisotopic (exact) mass is 933 g/mol. The highest BCUT2D eigenvalue weighted by Crippen LogP contribution is 2.15. The third kappa shape index (κ3) is 53.4. The molecule has 0 aliphatic carbocycles. The van der Waals surface area contributed by atoms with Crippen LogP contribution in [-0.2, 0) is 28.6 Å². The van der Waals surface area contributed by atoms with Crippen molar-refractivity contribution in [3.63, 3.8) is 0 Å². The van der Waals surface area contributed by atoms with Crippen LogP contribution in [0.4, 0.5) is 0 Å². The van der Waals surface area contributed by atoms with Gasteiger partial charge in [0, 0.05) is 19.3 Å². The van der Waals surface area contributed by atoms with Crippen LogP contribution < -0.4 is 0 Å². The summed E-state index contributed by atoms with van der Waals surface area (Å²) in [6.07, 6.45) is 71.3. The first-order valence-corrected chi connectivity index (χ1v) is 28.1. The lowest BCUT2D eigenvalue weighted by Gasteiger charge is -2.18. The molecule has 1 unspecified atom stereocenters. The van der Waals surface area contributed by atoms with Crippen molar-refractivity contribution in [2.75, 3.05) is 13.2 Å². The van der Waals surface area contributed by atoms with Crippen molar-refractivity contribution in [2.24, 2.45) is 0 Å². The Kier molecular flexibility index (Phi) is 52.4. The Morgan fingerprint density at radius 2 is 0.642 bits per heavy atom. The van der Waals surface area contributed by atoms with Crippen LogP contribution in [0.3, 0.4) is 0 Å². The van der Waals surface area contributed by atoms with Crippen LogP contribution in [-0.4, -0.2) is 37.2 Å². The lowest BCUT2D eigenvalue weighted by atomic mass is 10.0. The Labute approximate surface area is 414 Å². The van der Waals surface area contributed by atoms with Crippen LogP contribution in [0.25, 0.3) is 0 Å². The summed E-state index contributed by atoms with van der Waals surface area (Å²) >= 11 is 0. The van der Waals surface area contributed by atoms with E-state index in [2.05, 4.69) is 106 Å². The fourth-order valence-corrected chi connectivity index (χ4v) is 7.76. The molecular formula is C61H104O6. The van der Waals surface area contributed by atoms with E-state index in [-0.39, 0.29) is 31.1 Å². The van der Waals surface area contributed by atoms with E-state index < -0.39 is 6.10 Å². The van der Waals surface area contributed by atoms with E-state index >= 15 is 0 Å². The smallest absolute Gasteiger partial charge is 0.306 e. The fraction of sp³-hybridized carbons (Fsp3) is 0.721. The quantitative estimate of drug-likeness (QED) is 0.0199. The minimum absolute atomic E-state index is 0.0882. The van der Waals surface area contributed by atoms with Crippen LogP contribution in [0.2, 0.25) is 0 Å². The van der Waals surface area contributed by atoms with Gasteiger partial charge in [0.25, 0.3) is 0 Å². The van der Waals surface area contributed by atoms with Gasteiger partial charge in [0.1, 0.15) is 13.2 Å². The van der Waals surface area contributed by atoms with Gasteiger partial charge in [-0.25, -0.2) is 0 Å². The molecule has 0 saturated heterocycles. The van der Waals surface area contributed by atoms with Gasteiger partial charge in [-0.3, -0.25) is 14.4 Å². The first-order valence-electron chi connectivity index (χ1n) is 28.1. The molecule has 0 fully saturated rings. The average molecular weight is 933 g/mol. The number of hydrogen-bond acceptors (Lipinski definition) is 6. The average Bonchev–Trinajstić information content (AvgIpc) is 3.33. The maximum atomic E-state index is 12.8. The molecule has 6 heteroatoms. The lowest BCUT2D eigenvalue weighted by Crippen LogP contribution is -2.30. The Balaban J connectivity index is 4.45. The normalized spacial score (nSPS) is 12.7. The van der Waals surface area contributed by atoms with E-state index in [9.17, 15) is 14.4 Å². The summed E-state index contributed by atoms with van der Waals surface area (Å²) in [5.41, 5.74) is 0. The molecule has 0 N–H and O–H groups in total. The zero-order valence-corrected chi connectivity index (χ0v) is 43.9. The zero-order valence-electron chi connectivity index (χ0n) is 43.9. The number of allylic oxidation sites excluding steroid dienone is 14. The second-order valence-corrected chi connectivity index (χ2v) is 18.6. The molecule has 0 aromatic carbocycles. The number of carbonyl (C=O) groups excluding carboxylic acids is 3. The molecule has 0 spiro atoms. The van der Waals surface area contributed by atoms with Gasteiger partial charge in [-0.1, -0.05) is 254 Å². The van der Waals surface area contributed by atoms with E-state index in [1.165, 1.54) is 109 Å². The molecule has 0 amide bonds. The summed E-state index contributed by atoms with van der Waals surface area (Å²) in [5.74, 6) is -0.919. The second kappa shape index (κ2) is 55.2. The summed E-state index contributed by atoms with van der Waals surface area (Å²) < 4.78 is 16.8. The molecule has 0 saturated carbocycles. The van der Waals surface area contributed by atoms with Gasteiger partial charge < -0.3 is 14.2 Å². The predicted molar refractivity (Wildman–Crippen MR) is 288 cm³/mol. The maximum absolute atomic E-state index is 12.8. The molecule has 0 heterocycles. The number of hydrogen-bond donors (Lipinski definition) is 0. The summed E-state index contributed by atoms with van der Waals surface area (Å²) in [5, 5.41) is 0. The van der Waals surface area contributed by atoms with Crippen molar-refractivity contribution >= 4 is 17.9 Å². The molecule has 6 nitrogen and oxygen atoms in total. The van der Waals surface area contributed by atoms with Crippen molar-refractivity contribution in [2.45, 2.75) is 271 Å². The summed E-state index contributed by atoms with van der Waals surface area (Å²) in [6, 6.07) is 0. The SMILES string of the molecule is CC/C=C\C/C=C\C/C=C\CCCCCCCCC(=O)OC(COC(=O)CCCCCCC\C=C/C=C\C=C/C=C\CCCCC)COC(=O)CCCCCCCCCCCCCCCCC. The Hall–Kier alpha value is -3.41. The molecule has 1 atom stereocenters. The number of unbranched alkanes of at least 4 members (excludes halogenated alkanes) is 28. The van der Waals surface area contributed by atoms with Crippen LogP contribution in [0.1, 0.15) is 265 Å². The zero-order chi connectivity index (χ0) is 48.6. The molecule has 0 aliphatic rings. The minimum Gasteiger partial charge on any atom is -0.462 e. The Bertz CT molecular complexity index is 1300. The van der Waals surface area contributed by atoms with Crippen LogP contribution in [0.15, 0.2) is 85.1 Å². The summed E-state index contributed by atoms with van der Waals surface area (Å²) in [6.45, 7) is 6.47. The van der Waals surface area contributed by atoms with Gasteiger partial charge >= 0.3 is 17.9 Å². The van der Waals surface area contributed by atoms with Crippen molar-refractivity contribution in [3.8, 4) is 0 Å². The molecule has 0 rings (SSSR count). The van der Waals surface area contributed by atoms with E-state index in [0.717, 1.165) is 116 Å². The second-order valence-electron chi connectivity index (χ2n) is 18.6. The van der Waals surface area contributed by atoms with Crippen molar-refractivity contribution in [1.82, 2.24) is 0 Å². The molecular weight excluding hydrogens is 829 g/mol. The maximum Gasteiger partial charge on any atom is 0.306 e. The van der Waals surface area contributed by atoms with Gasteiger partial charge in [0.15, 0.2) is 6.10 Å². The topological polar surface area (TPSA) is 78.9 Å². The number of rotatable bonds is 50. The third-order valence-electron chi connectivity index (χ3n) is 12.0. The lowest BCUT2D eigenvalue weighted by molar-refractivity contribution is -0.167. The van der Waals surface area contributed by atoms with Crippen molar-refractivity contribution in [3.05, 3.63) is 85.1 Å². The molecule has 0 aromatic heterocycles. The van der Waals surface area contributed by atoms with E-state index in [1.807, 2.05) is 0 Å². The summed E-state index contributed by atoms with van der Waals surface area (Å²) in [4.78, 5) is 38.1. The molecule has 0 aromatic rings. The Morgan fingerprint density at radius 1 is 0.328 bits per heavy atom. The van der Waals surface area contributed by atoms with Crippen molar-refractivity contribution < 1.29 is 28.6 Å². The van der Waals surface area contributed by atoms with Gasteiger partial charge in [-0.05, 0) is 77.0 Å². The van der Waals surface area contributed by atoms with Gasteiger partial charge in [0.05, 0.1) is 0 Å². The van der Waals surface area contributed by atoms with E-state index in [0.29, 0.717) is 19.3 Å². The third-order valence-corrected chi connectivity index (χ3v) is 12.0. The minimum atomic E-state index is -0.793. The van der Waals surface area contributed by atoms with Crippen LogP contribution >= 0.6 is 0 Å². The number of ether oxygens (including phenoxy) is 3. The molecule has 0 radical (unpaired) electrons. The fourth-order valence-electron chi connectivity index (χ4n) is 7.76. The largest absolute Gasteiger partial charge is 0.462 e. The van der Waals surface area contributed by atoms with Gasteiger partial charge in [-0.15, -0.1) is 0 Å². The van der Waals surface area contributed by atoms with Crippen LogP contribution in [0, 0.1) is 0 Å². The molecule has 384 valence electrons. The standard InChI is InChI=1S/C61H104O6/c1-4-7-10-13-16-19-22-25-28-30-31-34-36-39-42-45-48-51-54-60(63)66-57-58(56-65-59(62)53-50-47-44-41-38-35-32-27-24-21-18-15-12-9-6-3)67-61(64)55-52-49-46-43-40-37-33-29-26-23-20-17-14-11-8-5-2/h8,11,16-17,19-20,22,25-26,28-31,34,58H,4-7,9-10,12-15,18,21,23-24,27,32-33,35-57H2,1-3H3/b11-8-,19-16-,20-17-,25-22-,29-26-,30-28-,34-31-. The van der Waals surface area contributed by atoms with Crippen LogP contribution in [0.5, 0.6) is 0 Å². The van der Waals surface area contributed by atoms with E-state index in [4.69, 9.17) is 14.2 Å². The summed E-state index contributed by atoms with van der Waals surface area (Å²) in [7, 11) is 0. The first kappa shape index (κ1) is 63.6. The van der Waals surface area contributed by atoms with Gasteiger partial charge in [-0.2, -0.15) is 0 Å². The van der Waals surface area contributed by atoms with Crippen molar-refractivity contribution in [1.29, 1.82) is 0 Å².